The van der Waals surface area contributed by atoms with Gasteiger partial charge in [-0.15, -0.1) is 13.2 Å². The van der Waals surface area contributed by atoms with Crippen molar-refractivity contribution in [3.63, 3.8) is 0 Å². The second-order valence-corrected chi connectivity index (χ2v) is 11.1. The first kappa shape index (κ1) is 19.7. The average molecular weight is 358 g/mol. The Morgan fingerprint density at radius 3 is 2.44 bits per heavy atom. The zero-order valence-electron chi connectivity index (χ0n) is 15.6. The topological polar surface area (TPSA) is 35.5 Å². The van der Waals surface area contributed by atoms with Gasteiger partial charge in [-0.05, 0) is 36.4 Å². The van der Waals surface area contributed by atoms with Crippen molar-refractivity contribution in [1.29, 1.82) is 0 Å². The molecule has 2 unspecified atom stereocenters. The predicted octanol–water partition coefficient (Wildman–Crippen LogP) is 4.89. The number of benzene rings is 1. The van der Waals surface area contributed by atoms with E-state index >= 15 is 0 Å². The van der Waals surface area contributed by atoms with Gasteiger partial charge < -0.3 is 0 Å². The lowest BCUT2D eigenvalue weighted by molar-refractivity contribution is -0.248. The second-order valence-electron chi connectivity index (χ2n) is 6.96. The average Bonchev–Trinajstić information content (AvgIpc) is 2.65. The van der Waals surface area contributed by atoms with E-state index < -0.39 is 14.0 Å². The van der Waals surface area contributed by atoms with E-state index in [-0.39, 0.29) is 0 Å². The molecule has 1 fully saturated rings. The van der Waals surface area contributed by atoms with E-state index in [0.717, 1.165) is 25.0 Å². The summed E-state index contributed by atoms with van der Waals surface area (Å²) in [6, 6.07) is 8.55. The van der Waals surface area contributed by atoms with Crippen molar-refractivity contribution in [2.45, 2.75) is 46.1 Å². The molecule has 4 heteroatoms. The van der Waals surface area contributed by atoms with Gasteiger partial charge in [0, 0.05) is 0 Å². The molecule has 1 aliphatic rings. The molecule has 0 aromatic heterocycles. The van der Waals surface area contributed by atoms with Crippen LogP contribution >= 0.6 is 0 Å². The third-order valence-corrected chi connectivity index (χ3v) is 9.68. The lowest BCUT2D eigenvalue weighted by atomic mass is 9.80. The van der Waals surface area contributed by atoms with E-state index in [4.69, 9.17) is 9.78 Å². The monoisotopic (exact) mass is 357 g/mol. The minimum Gasteiger partial charge on any atom is -0.292 e. The van der Waals surface area contributed by atoms with E-state index in [9.17, 15) is 4.79 Å². The molecule has 0 aliphatic heterocycles. The highest BCUT2D eigenvalue weighted by Crippen LogP contribution is 2.36. The number of hydrogen-bond donors (Lipinski definition) is 0. The Hall–Kier alpha value is -1.65. The van der Waals surface area contributed by atoms with E-state index in [1.807, 2.05) is 23.5 Å². The molecule has 1 saturated carbocycles. The zero-order chi connectivity index (χ0) is 18.4. The maximum absolute atomic E-state index is 12.3. The summed E-state index contributed by atoms with van der Waals surface area (Å²) in [5.74, 6) is 0.428. The molecule has 3 nitrogen and oxygen atoms in total. The van der Waals surface area contributed by atoms with Crippen LogP contribution in [0.1, 0.15) is 50.4 Å². The standard InChI is InChI=1S/C21H29O3Si/c1-6-25(7-2,8-3)19-14-12-18(13-15-19)21(22)24-23-20-11-9-10-16(4)17(20)5/h6-7,12-17H,1-2,8-11H2,3-5H3. The first-order valence-electron chi connectivity index (χ1n) is 9.09. The lowest BCUT2D eigenvalue weighted by Crippen LogP contribution is -2.43. The molecule has 1 radical (unpaired) electrons. The molecule has 0 saturated heterocycles. The molecule has 2 atom stereocenters. The van der Waals surface area contributed by atoms with Gasteiger partial charge in [0.25, 0.3) is 0 Å². The fraction of sp³-hybridized carbons (Fsp3) is 0.429. The molecule has 135 valence electrons. The van der Waals surface area contributed by atoms with Crippen molar-refractivity contribution in [3.05, 3.63) is 60.5 Å². The summed E-state index contributed by atoms with van der Waals surface area (Å²) in [4.78, 5) is 22.7. The second kappa shape index (κ2) is 8.63. The zero-order valence-corrected chi connectivity index (χ0v) is 16.6. The molecular weight excluding hydrogens is 328 g/mol. The van der Waals surface area contributed by atoms with Crippen molar-refractivity contribution in [1.82, 2.24) is 0 Å². The van der Waals surface area contributed by atoms with Crippen LogP contribution < -0.4 is 5.19 Å². The molecule has 1 aromatic rings. The third kappa shape index (κ3) is 4.31. The summed E-state index contributed by atoms with van der Waals surface area (Å²) in [6.45, 7) is 14.4. The number of carbonyl (C=O) groups is 1. The fourth-order valence-electron chi connectivity index (χ4n) is 3.38. The van der Waals surface area contributed by atoms with Crippen LogP contribution in [-0.2, 0) is 9.78 Å². The van der Waals surface area contributed by atoms with Crippen LogP contribution in [0.3, 0.4) is 0 Å². The van der Waals surface area contributed by atoms with Gasteiger partial charge >= 0.3 is 5.97 Å². The lowest BCUT2D eigenvalue weighted by Gasteiger charge is -2.31. The van der Waals surface area contributed by atoms with Crippen molar-refractivity contribution in [3.8, 4) is 0 Å². The van der Waals surface area contributed by atoms with Gasteiger partial charge in [-0.1, -0.05) is 62.3 Å². The van der Waals surface area contributed by atoms with Crippen LogP contribution in [0, 0.1) is 17.9 Å². The molecule has 0 heterocycles. The van der Waals surface area contributed by atoms with Crippen molar-refractivity contribution in [2.24, 2.45) is 11.8 Å². The molecule has 0 amide bonds. The number of carbonyl (C=O) groups excluding carboxylic acids is 1. The molecule has 1 aliphatic carbocycles. The van der Waals surface area contributed by atoms with Crippen molar-refractivity contribution in [2.75, 3.05) is 0 Å². The number of hydrogen-bond acceptors (Lipinski definition) is 3. The first-order valence-corrected chi connectivity index (χ1v) is 11.5. The maximum atomic E-state index is 12.3. The Morgan fingerprint density at radius 2 is 1.88 bits per heavy atom. The van der Waals surface area contributed by atoms with Crippen LogP contribution in [-0.4, -0.2) is 14.0 Å². The van der Waals surface area contributed by atoms with Gasteiger partial charge in [-0.2, -0.15) is 4.89 Å². The quantitative estimate of drug-likeness (QED) is 0.396. The van der Waals surface area contributed by atoms with Crippen LogP contribution in [0.15, 0.2) is 48.8 Å². The predicted molar refractivity (Wildman–Crippen MR) is 105 cm³/mol. The van der Waals surface area contributed by atoms with Gasteiger partial charge in [-0.25, -0.2) is 4.79 Å². The molecular formula is C21H29O3Si. The summed E-state index contributed by atoms with van der Waals surface area (Å²) >= 11 is 0. The normalized spacial score (nSPS) is 21.6. The molecule has 1 aromatic carbocycles. The van der Waals surface area contributed by atoms with Crippen LogP contribution in [0.4, 0.5) is 0 Å². The Balaban J connectivity index is 2.01. The highest BCUT2D eigenvalue weighted by molar-refractivity contribution is 6.99. The largest absolute Gasteiger partial charge is 0.373 e. The Kier molecular flexibility index (Phi) is 6.79. The molecule has 25 heavy (non-hydrogen) atoms. The van der Waals surface area contributed by atoms with Crippen molar-refractivity contribution >= 4 is 19.2 Å². The summed E-state index contributed by atoms with van der Waals surface area (Å²) in [7, 11) is -1.87. The maximum Gasteiger partial charge on any atom is 0.373 e. The van der Waals surface area contributed by atoms with Gasteiger partial charge in [-0.3, -0.25) is 4.89 Å². The van der Waals surface area contributed by atoms with E-state index in [2.05, 4.69) is 33.9 Å². The van der Waals surface area contributed by atoms with E-state index in [0.29, 0.717) is 17.4 Å². The summed E-state index contributed by atoms with van der Waals surface area (Å²) in [5, 5.41) is 1.20. The minimum atomic E-state index is -1.87. The van der Waals surface area contributed by atoms with Gasteiger partial charge in [0.2, 0.25) is 0 Å². The summed E-state index contributed by atoms with van der Waals surface area (Å²) < 4.78 is 0. The number of rotatable bonds is 7. The van der Waals surface area contributed by atoms with E-state index in [1.165, 1.54) is 11.6 Å². The minimum absolute atomic E-state index is 0.320. The summed E-state index contributed by atoms with van der Waals surface area (Å²) in [6.07, 6.45) is 4.01. The van der Waals surface area contributed by atoms with E-state index in [1.54, 1.807) is 12.1 Å². The Morgan fingerprint density at radius 1 is 1.24 bits per heavy atom. The van der Waals surface area contributed by atoms with Crippen LogP contribution in [0.2, 0.25) is 6.04 Å². The summed E-state index contributed by atoms with van der Waals surface area (Å²) in [5.41, 5.74) is 4.55. The first-order chi connectivity index (χ1) is 12.0. The van der Waals surface area contributed by atoms with Gasteiger partial charge in [0.15, 0.2) is 6.10 Å². The molecule has 0 bridgehead atoms. The SMILES string of the molecule is C=C[Si](C=C)(CC)c1ccc(C(=O)OO[C]2CCCC(C)C2C)cc1. The highest BCUT2D eigenvalue weighted by Gasteiger charge is 2.31. The fourth-order valence-corrected chi connectivity index (χ4v) is 5.79. The molecule has 2 rings (SSSR count). The van der Waals surface area contributed by atoms with Crippen LogP contribution in [0.25, 0.3) is 0 Å². The van der Waals surface area contributed by atoms with Gasteiger partial charge in [0.05, 0.1) is 5.56 Å². The Labute approximate surface area is 152 Å². The van der Waals surface area contributed by atoms with Crippen LogP contribution in [0.5, 0.6) is 0 Å². The van der Waals surface area contributed by atoms with Crippen molar-refractivity contribution < 1.29 is 14.6 Å². The highest BCUT2D eigenvalue weighted by atomic mass is 28.3. The molecule has 0 N–H and O–H groups in total. The molecule has 0 spiro atoms. The Bertz CT molecular complexity index is 600. The third-order valence-electron chi connectivity index (χ3n) is 5.64. The van der Waals surface area contributed by atoms with Gasteiger partial charge in [0.1, 0.15) is 8.07 Å². The smallest absolute Gasteiger partial charge is 0.292 e.